The molecule has 0 unspecified atom stereocenters. The molecular formula is C10H10F3NO2. The molecule has 0 aliphatic carbocycles. The molecule has 0 aliphatic heterocycles. The van der Waals surface area contributed by atoms with E-state index in [9.17, 15) is 18.0 Å². The van der Waals surface area contributed by atoms with Crippen molar-refractivity contribution in [1.29, 1.82) is 0 Å². The SMILES string of the molecule is CCOC(=O)c1ncc(C(F)F)c(F)c1C. The largest absolute Gasteiger partial charge is 0.461 e. The molecule has 0 fully saturated rings. The van der Waals surface area contributed by atoms with Crippen LogP contribution in [-0.2, 0) is 4.74 Å². The second kappa shape index (κ2) is 4.96. The van der Waals surface area contributed by atoms with Gasteiger partial charge in [0.15, 0.2) is 5.69 Å². The highest BCUT2D eigenvalue weighted by Gasteiger charge is 2.21. The summed E-state index contributed by atoms with van der Waals surface area (Å²) in [6.07, 6.45) is -2.30. The Morgan fingerprint density at radius 3 is 2.69 bits per heavy atom. The molecule has 0 N–H and O–H groups in total. The molecule has 0 amide bonds. The second-order valence-electron chi connectivity index (χ2n) is 3.02. The average Bonchev–Trinajstić information content (AvgIpc) is 2.21. The van der Waals surface area contributed by atoms with E-state index in [0.717, 1.165) is 0 Å². The monoisotopic (exact) mass is 233 g/mol. The molecule has 0 bridgehead atoms. The molecule has 88 valence electrons. The summed E-state index contributed by atoms with van der Waals surface area (Å²) in [5.41, 5.74) is -1.31. The van der Waals surface area contributed by atoms with E-state index in [0.29, 0.717) is 6.20 Å². The minimum absolute atomic E-state index is 0.109. The smallest absolute Gasteiger partial charge is 0.357 e. The number of nitrogens with zero attached hydrogens (tertiary/aromatic N) is 1. The van der Waals surface area contributed by atoms with Crippen LogP contribution in [0, 0.1) is 12.7 Å². The highest BCUT2D eigenvalue weighted by molar-refractivity contribution is 5.88. The Morgan fingerprint density at radius 2 is 2.19 bits per heavy atom. The maximum atomic E-state index is 13.4. The zero-order valence-corrected chi connectivity index (χ0v) is 8.76. The van der Waals surface area contributed by atoms with Gasteiger partial charge >= 0.3 is 5.97 Å². The third kappa shape index (κ3) is 2.32. The van der Waals surface area contributed by atoms with Crippen molar-refractivity contribution in [2.45, 2.75) is 20.3 Å². The number of ether oxygens (including phenoxy) is 1. The minimum Gasteiger partial charge on any atom is -0.461 e. The Labute approximate surface area is 90.2 Å². The molecular weight excluding hydrogens is 223 g/mol. The van der Waals surface area contributed by atoms with Crippen LogP contribution in [-0.4, -0.2) is 17.6 Å². The number of hydrogen-bond acceptors (Lipinski definition) is 3. The van der Waals surface area contributed by atoms with Crippen molar-refractivity contribution in [3.8, 4) is 0 Å². The molecule has 16 heavy (non-hydrogen) atoms. The van der Waals surface area contributed by atoms with E-state index in [1.165, 1.54) is 6.92 Å². The van der Waals surface area contributed by atoms with Gasteiger partial charge in [-0.25, -0.2) is 22.9 Å². The zero-order valence-electron chi connectivity index (χ0n) is 8.76. The van der Waals surface area contributed by atoms with Crippen LogP contribution in [0.1, 0.15) is 35.0 Å². The summed E-state index contributed by atoms with van der Waals surface area (Å²) in [5.74, 6) is -1.94. The molecule has 0 atom stereocenters. The fourth-order valence-electron chi connectivity index (χ4n) is 1.17. The van der Waals surface area contributed by atoms with Crippen molar-refractivity contribution < 1.29 is 22.7 Å². The van der Waals surface area contributed by atoms with Gasteiger partial charge in [0.2, 0.25) is 0 Å². The third-order valence-electron chi connectivity index (χ3n) is 1.97. The third-order valence-corrected chi connectivity index (χ3v) is 1.97. The van der Waals surface area contributed by atoms with Crippen LogP contribution in [0.3, 0.4) is 0 Å². The van der Waals surface area contributed by atoms with Crippen molar-refractivity contribution in [3.05, 3.63) is 28.8 Å². The maximum Gasteiger partial charge on any atom is 0.357 e. The Hall–Kier alpha value is -1.59. The number of pyridine rings is 1. The quantitative estimate of drug-likeness (QED) is 0.753. The molecule has 0 spiro atoms. The topological polar surface area (TPSA) is 39.2 Å². The predicted molar refractivity (Wildman–Crippen MR) is 49.8 cm³/mol. The van der Waals surface area contributed by atoms with E-state index in [-0.39, 0.29) is 17.9 Å². The van der Waals surface area contributed by atoms with E-state index in [4.69, 9.17) is 0 Å². The Balaban J connectivity index is 3.16. The van der Waals surface area contributed by atoms with Gasteiger partial charge in [-0.05, 0) is 13.8 Å². The van der Waals surface area contributed by atoms with Crippen molar-refractivity contribution in [1.82, 2.24) is 4.98 Å². The summed E-state index contributed by atoms with van der Waals surface area (Å²) >= 11 is 0. The number of carbonyl (C=O) groups is 1. The Kier molecular flexibility index (Phi) is 3.87. The van der Waals surface area contributed by atoms with Gasteiger partial charge in [0, 0.05) is 11.8 Å². The molecule has 6 heteroatoms. The van der Waals surface area contributed by atoms with Crippen molar-refractivity contribution in [3.63, 3.8) is 0 Å². The molecule has 0 radical (unpaired) electrons. The molecule has 1 heterocycles. The van der Waals surface area contributed by atoms with Gasteiger partial charge in [-0.1, -0.05) is 0 Å². The Bertz CT molecular complexity index is 407. The van der Waals surface area contributed by atoms with Gasteiger partial charge in [0.05, 0.1) is 12.2 Å². The molecule has 1 aromatic rings. The summed E-state index contributed by atoms with van der Waals surface area (Å²) in [6.45, 7) is 2.90. The maximum absolute atomic E-state index is 13.4. The van der Waals surface area contributed by atoms with Crippen molar-refractivity contribution in [2.24, 2.45) is 0 Å². The van der Waals surface area contributed by atoms with Crippen molar-refractivity contribution >= 4 is 5.97 Å². The van der Waals surface area contributed by atoms with E-state index in [1.54, 1.807) is 6.92 Å². The van der Waals surface area contributed by atoms with Crippen LogP contribution in [0.15, 0.2) is 6.20 Å². The lowest BCUT2D eigenvalue weighted by atomic mass is 10.1. The van der Waals surface area contributed by atoms with Crippen LogP contribution >= 0.6 is 0 Å². The molecule has 3 nitrogen and oxygen atoms in total. The summed E-state index contributed by atoms with van der Waals surface area (Å²) in [4.78, 5) is 14.7. The van der Waals surface area contributed by atoms with Gasteiger partial charge < -0.3 is 4.74 Å². The number of esters is 1. The first kappa shape index (κ1) is 12.5. The first-order valence-corrected chi connectivity index (χ1v) is 4.59. The highest BCUT2D eigenvalue weighted by atomic mass is 19.3. The van der Waals surface area contributed by atoms with Gasteiger partial charge in [0.25, 0.3) is 6.43 Å². The zero-order chi connectivity index (χ0) is 12.3. The molecule has 0 aromatic carbocycles. The first-order chi connectivity index (χ1) is 7.49. The van der Waals surface area contributed by atoms with Crippen LogP contribution in [0.25, 0.3) is 0 Å². The van der Waals surface area contributed by atoms with Crippen LogP contribution in [0.2, 0.25) is 0 Å². The lowest BCUT2D eigenvalue weighted by molar-refractivity contribution is 0.0517. The number of rotatable bonds is 3. The Morgan fingerprint density at radius 1 is 1.56 bits per heavy atom. The van der Waals surface area contributed by atoms with E-state index >= 15 is 0 Å². The minimum atomic E-state index is -2.96. The average molecular weight is 233 g/mol. The highest BCUT2D eigenvalue weighted by Crippen LogP contribution is 2.24. The lowest BCUT2D eigenvalue weighted by Crippen LogP contribution is -2.12. The van der Waals surface area contributed by atoms with Gasteiger partial charge in [-0.3, -0.25) is 0 Å². The molecule has 0 aliphatic rings. The van der Waals surface area contributed by atoms with Gasteiger partial charge in [-0.2, -0.15) is 0 Å². The van der Waals surface area contributed by atoms with Crippen LogP contribution in [0.5, 0.6) is 0 Å². The van der Waals surface area contributed by atoms with Gasteiger partial charge in [0.1, 0.15) is 5.82 Å². The fourth-order valence-corrected chi connectivity index (χ4v) is 1.17. The number of halogens is 3. The van der Waals surface area contributed by atoms with E-state index in [2.05, 4.69) is 9.72 Å². The summed E-state index contributed by atoms with van der Waals surface area (Å²) in [6, 6.07) is 0. The second-order valence-corrected chi connectivity index (χ2v) is 3.02. The van der Waals surface area contributed by atoms with E-state index in [1.807, 2.05) is 0 Å². The summed E-state index contributed by atoms with van der Waals surface area (Å²) < 4.78 is 42.6. The van der Waals surface area contributed by atoms with Gasteiger partial charge in [-0.15, -0.1) is 0 Å². The van der Waals surface area contributed by atoms with Crippen molar-refractivity contribution in [2.75, 3.05) is 6.61 Å². The summed E-state index contributed by atoms with van der Waals surface area (Å²) in [5, 5.41) is 0. The molecule has 0 saturated heterocycles. The molecule has 1 aromatic heterocycles. The number of hydrogen-bond donors (Lipinski definition) is 0. The standard InChI is InChI=1S/C10H10F3NO2/c1-3-16-10(15)8-5(2)7(11)6(4-14-8)9(12)13/h4,9H,3H2,1-2H3. The molecule has 1 rings (SSSR count). The number of alkyl halides is 2. The fraction of sp³-hybridized carbons (Fsp3) is 0.400. The predicted octanol–water partition coefficient (Wildman–Crippen LogP) is 2.64. The van der Waals surface area contributed by atoms with E-state index < -0.39 is 23.8 Å². The normalized spacial score (nSPS) is 10.6. The number of aromatic nitrogens is 1. The first-order valence-electron chi connectivity index (χ1n) is 4.59. The number of carbonyl (C=O) groups excluding carboxylic acids is 1. The molecule has 0 saturated carbocycles. The summed E-state index contributed by atoms with van der Waals surface area (Å²) in [7, 11) is 0. The lowest BCUT2D eigenvalue weighted by Gasteiger charge is -2.08. The van der Waals surface area contributed by atoms with Crippen LogP contribution in [0.4, 0.5) is 13.2 Å². The van der Waals surface area contributed by atoms with Crippen LogP contribution < -0.4 is 0 Å².